The average Bonchev–Trinajstić information content (AvgIpc) is 3.06. The van der Waals surface area contributed by atoms with Gasteiger partial charge in [-0.2, -0.15) is 4.98 Å². The van der Waals surface area contributed by atoms with Crippen molar-refractivity contribution in [3.63, 3.8) is 0 Å². The molecule has 0 amide bonds. The summed E-state index contributed by atoms with van der Waals surface area (Å²) in [5.41, 5.74) is 1.05. The summed E-state index contributed by atoms with van der Waals surface area (Å²) in [7, 11) is 0. The third kappa shape index (κ3) is 3.43. The molecule has 0 bridgehead atoms. The summed E-state index contributed by atoms with van der Waals surface area (Å²) >= 11 is 1.65. The Kier molecular flexibility index (Phi) is 4.12. The highest BCUT2D eigenvalue weighted by Gasteiger charge is 2.31. The SMILES string of the molecule is CCNC(Cc1nc(Cc2nc(C)cs2)no1)C1CC1. The van der Waals surface area contributed by atoms with Crippen LogP contribution in [0.5, 0.6) is 0 Å². The Morgan fingerprint density at radius 2 is 2.30 bits per heavy atom. The average molecular weight is 292 g/mol. The maximum atomic E-state index is 5.37. The third-order valence-corrected chi connectivity index (χ3v) is 4.50. The first-order valence-electron chi connectivity index (χ1n) is 7.20. The van der Waals surface area contributed by atoms with Crippen LogP contribution in [0, 0.1) is 12.8 Å². The fourth-order valence-corrected chi connectivity index (χ4v) is 3.19. The normalized spacial score (nSPS) is 16.5. The summed E-state index contributed by atoms with van der Waals surface area (Å²) in [6.45, 7) is 5.12. The Labute approximate surface area is 122 Å². The smallest absolute Gasteiger partial charge is 0.228 e. The van der Waals surface area contributed by atoms with Gasteiger partial charge in [-0.3, -0.25) is 0 Å². The summed E-state index contributed by atoms with van der Waals surface area (Å²) in [6.07, 6.45) is 4.13. The van der Waals surface area contributed by atoms with Gasteiger partial charge in [0.05, 0.1) is 6.42 Å². The van der Waals surface area contributed by atoms with Crippen LogP contribution < -0.4 is 5.32 Å². The first-order chi connectivity index (χ1) is 9.74. The summed E-state index contributed by atoms with van der Waals surface area (Å²) < 4.78 is 5.37. The molecule has 0 aromatic carbocycles. The van der Waals surface area contributed by atoms with Crippen molar-refractivity contribution in [2.75, 3.05) is 6.54 Å². The minimum atomic E-state index is 0.482. The highest BCUT2D eigenvalue weighted by Crippen LogP contribution is 2.33. The summed E-state index contributed by atoms with van der Waals surface area (Å²) in [4.78, 5) is 8.92. The molecule has 6 heteroatoms. The first kappa shape index (κ1) is 13.7. The van der Waals surface area contributed by atoms with Crippen molar-refractivity contribution in [3.05, 3.63) is 27.8 Å². The Morgan fingerprint density at radius 3 is 2.95 bits per heavy atom. The molecule has 0 aliphatic heterocycles. The fourth-order valence-electron chi connectivity index (χ4n) is 2.42. The van der Waals surface area contributed by atoms with Crippen LogP contribution in [0.25, 0.3) is 0 Å². The lowest BCUT2D eigenvalue weighted by Gasteiger charge is -2.14. The number of thiazole rings is 1. The van der Waals surface area contributed by atoms with E-state index in [2.05, 4.69) is 27.4 Å². The first-order valence-corrected chi connectivity index (χ1v) is 8.08. The number of hydrogen-bond acceptors (Lipinski definition) is 6. The van der Waals surface area contributed by atoms with Crippen LogP contribution in [0.4, 0.5) is 0 Å². The highest BCUT2D eigenvalue weighted by atomic mass is 32.1. The van der Waals surface area contributed by atoms with Gasteiger partial charge in [0.25, 0.3) is 0 Å². The Balaban J connectivity index is 1.61. The number of aryl methyl sites for hydroxylation is 1. The zero-order valence-corrected chi connectivity index (χ0v) is 12.7. The molecule has 1 unspecified atom stereocenters. The molecule has 1 fully saturated rings. The molecule has 1 atom stereocenters. The van der Waals surface area contributed by atoms with Crippen LogP contribution in [0.2, 0.25) is 0 Å². The Bertz CT molecular complexity index is 561. The molecule has 0 saturated heterocycles. The van der Waals surface area contributed by atoms with E-state index in [-0.39, 0.29) is 0 Å². The van der Waals surface area contributed by atoms with Crippen LogP contribution in [0.3, 0.4) is 0 Å². The van der Waals surface area contributed by atoms with Crippen LogP contribution in [0.15, 0.2) is 9.90 Å². The third-order valence-electron chi connectivity index (χ3n) is 3.54. The van der Waals surface area contributed by atoms with Gasteiger partial charge >= 0.3 is 0 Å². The van der Waals surface area contributed by atoms with Crippen molar-refractivity contribution < 1.29 is 4.52 Å². The van der Waals surface area contributed by atoms with Gasteiger partial charge in [-0.1, -0.05) is 12.1 Å². The van der Waals surface area contributed by atoms with Gasteiger partial charge in [-0.15, -0.1) is 11.3 Å². The van der Waals surface area contributed by atoms with Crippen molar-refractivity contribution in [1.82, 2.24) is 20.4 Å². The molecule has 2 heterocycles. The number of nitrogens with one attached hydrogen (secondary N) is 1. The Morgan fingerprint density at radius 1 is 1.45 bits per heavy atom. The maximum Gasteiger partial charge on any atom is 0.228 e. The standard InChI is InChI=1S/C14H20N4OS/c1-3-15-11(10-4-5-10)6-13-17-12(18-19-13)7-14-16-9(2)8-20-14/h8,10-11,15H,3-7H2,1-2H3. The van der Waals surface area contributed by atoms with E-state index >= 15 is 0 Å². The second-order valence-corrected chi connectivity index (χ2v) is 6.31. The second-order valence-electron chi connectivity index (χ2n) is 5.37. The molecule has 5 nitrogen and oxygen atoms in total. The van der Waals surface area contributed by atoms with Crippen molar-refractivity contribution >= 4 is 11.3 Å². The molecule has 2 aromatic rings. The predicted molar refractivity (Wildman–Crippen MR) is 77.8 cm³/mol. The van der Waals surface area contributed by atoms with Crippen LogP contribution in [-0.2, 0) is 12.8 Å². The minimum Gasteiger partial charge on any atom is -0.339 e. The minimum absolute atomic E-state index is 0.482. The van der Waals surface area contributed by atoms with Gasteiger partial charge in [0.1, 0.15) is 5.01 Å². The van der Waals surface area contributed by atoms with Gasteiger partial charge < -0.3 is 9.84 Å². The zero-order chi connectivity index (χ0) is 13.9. The van der Waals surface area contributed by atoms with Crippen LogP contribution >= 0.6 is 11.3 Å². The van der Waals surface area contributed by atoms with Gasteiger partial charge in [-0.05, 0) is 32.2 Å². The van der Waals surface area contributed by atoms with Crippen molar-refractivity contribution in [3.8, 4) is 0 Å². The molecule has 1 aliphatic carbocycles. The molecule has 1 saturated carbocycles. The highest BCUT2D eigenvalue weighted by molar-refractivity contribution is 7.09. The van der Waals surface area contributed by atoms with Gasteiger partial charge in [0.2, 0.25) is 5.89 Å². The van der Waals surface area contributed by atoms with E-state index in [1.165, 1.54) is 12.8 Å². The van der Waals surface area contributed by atoms with E-state index in [1.807, 2.05) is 12.3 Å². The topological polar surface area (TPSA) is 63.8 Å². The number of nitrogens with zero attached hydrogens (tertiary/aromatic N) is 3. The lowest BCUT2D eigenvalue weighted by molar-refractivity contribution is 0.345. The monoisotopic (exact) mass is 292 g/mol. The Hall–Kier alpha value is -1.27. The molecule has 2 aromatic heterocycles. The fraction of sp³-hybridized carbons (Fsp3) is 0.643. The number of rotatable bonds is 7. The maximum absolute atomic E-state index is 5.37. The van der Waals surface area contributed by atoms with E-state index in [9.17, 15) is 0 Å². The molecular formula is C14H20N4OS. The quantitative estimate of drug-likeness (QED) is 0.848. The largest absolute Gasteiger partial charge is 0.339 e. The molecule has 3 rings (SSSR count). The van der Waals surface area contributed by atoms with Crippen molar-refractivity contribution in [2.24, 2.45) is 5.92 Å². The second kappa shape index (κ2) is 6.01. The molecule has 0 spiro atoms. The van der Waals surface area contributed by atoms with E-state index in [0.29, 0.717) is 12.5 Å². The number of likely N-dealkylation sites (N-methyl/N-ethyl adjacent to an activating group) is 1. The van der Waals surface area contributed by atoms with Crippen molar-refractivity contribution in [2.45, 2.75) is 45.6 Å². The van der Waals surface area contributed by atoms with E-state index in [0.717, 1.165) is 41.3 Å². The molecule has 20 heavy (non-hydrogen) atoms. The predicted octanol–water partition coefficient (Wildman–Crippen LogP) is 2.36. The lowest BCUT2D eigenvalue weighted by Crippen LogP contribution is -2.33. The van der Waals surface area contributed by atoms with Gasteiger partial charge in [0.15, 0.2) is 5.82 Å². The summed E-state index contributed by atoms with van der Waals surface area (Å²) in [5, 5.41) is 10.7. The number of hydrogen-bond donors (Lipinski definition) is 1. The molecule has 1 aliphatic rings. The molecular weight excluding hydrogens is 272 g/mol. The number of aromatic nitrogens is 3. The molecule has 0 radical (unpaired) electrons. The van der Waals surface area contributed by atoms with Crippen LogP contribution in [0.1, 0.15) is 42.2 Å². The van der Waals surface area contributed by atoms with Gasteiger partial charge in [0, 0.05) is 23.5 Å². The molecule has 108 valence electrons. The van der Waals surface area contributed by atoms with Crippen molar-refractivity contribution in [1.29, 1.82) is 0 Å². The summed E-state index contributed by atoms with van der Waals surface area (Å²) in [5.74, 6) is 2.26. The summed E-state index contributed by atoms with van der Waals surface area (Å²) in [6, 6.07) is 0.482. The zero-order valence-electron chi connectivity index (χ0n) is 11.9. The van der Waals surface area contributed by atoms with Crippen LogP contribution in [-0.4, -0.2) is 27.7 Å². The van der Waals surface area contributed by atoms with E-state index in [4.69, 9.17) is 4.52 Å². The van der Waals surface area contributed by atoms with Gasteiger partial charge in [-0.25, -0.2) is 4.98 Å². The van der Waals surface area contributed by atoms with E-state index < -0.39 is 0 Å². The lowest BCUT2D eigenvalue weighted by atomic mass is 10.1. The molecule has 1 N–H and O–H groups in total. The van der Waals surface area contributed by atoms with E-state index in [1.54, 1.807) is 11.3 Å².